The standard InChI is InChI=1S/C15H13Cl2N3S/c16-13-8-4-7-12(14(13)17)9-19-20-15(18)21-10-11-5-2-1-3-6-11/h1-9H,10H2,(H2,18,20). The molecule has 0 bridgehead atoms. The summed E-state index contributed by atoms with van der Waals surface area (Å²) in [5.41, 5.74) is 7.68. The third-order valence-electron chi connectivity index (χ3n) is 2.56. The molecule has 0 saturated carbocycles. The van der Waals surface area contributed by atoms with Crippen molar-refractivity contribution in [1.29, 1.82) is 0 Å². The Kier molecular flexibility index (Phi) is 6.11. The van der Waals surface area contributed by atoms with Gasteiger partial charge in [0.1, 0.15) is 0 Å². The van der Waals surface area contributed by atoms with E-state index in [0.29, 0.717) is 20.8 Å². The molecule has 0 fully saturated rings. The summed E-state index contributed by atoms with van der Waals surface area (Å²) < 4.78 is 0. The van der Waals surface area contributed by atoms with Crippen molar-refractivity contribution >= 4 is 46.3 Å². The fourth-order valence-electron chi connectivity index (χ4n) is 1.53. The first-order valence-electron chi connectivity index (χ1n) is 6.14. The highest BCUT2D eigenvalue weighted by Crippen LogP contribution is 2.24. The van der Waals surface area contributed by atoms with Crippen LogP contribution in [0.1, 0.15) is 11.1 Å². The highest BCUT2D eigenvalue weighted by atomic mass is 35.5. The summed E-state index contributed by atoms with van der Waals surface area (Å²) in [6, 6.07) is 15.3. The van der Waals surface area contributed by atoms with Crippen LogP contribution in [-0.4, -0.2) is 11.4 Å². The lowest BCUT2D eigenvalue weighted by Gasteiger charge is -2.00. The second kappa shape index (κ2) is 8.08. The van der Waals surface area contributed by atoms with Crippen molar-refractivity contribution in [2.75, 3.05) is 0 Å². The average molecular weight is 338 g/mol. The maximum absolute atomic E-state index is 6.04. The summed E-state index contributed by atoms with van der Waals surface area (Å²) in [6.45, 7) is 0. The molecule has 0 aromatic heterocycles. The number of hydrogen-bond donors (Lipinski definition) is 1. The maximum atomic E-state index is 6.04. The fourth-order valence-corrected chi connectivity index (χ4v) is 2.50. The topological polar surface area (TPSA) is 50.7 Å². The van der Waals surface area contributed by atoms with Crippen molar-refractivity contribution in [2.24, 2.45) is 15.9 Å². The monoisotopic (exact) mass is 337 g/mol. The number of amidine groups is 1. The Labute approximate surface area is 137 Å². The van der Waals surface area contributed by atoms with Gasteiger partial charge in [-0.1, -0.05) is 77.4 Å². The van der Waals surface area contributed by atoms with E-state index in [1.165, 1.54) is 23.5 Å². The zero-order chi connectivity index (χ0) is 15.1. The van der Waals surface area contributed by atoms with Gasteiger partial charge in [-0.05, 0) is 11.6 Å². The lowest BCUT2D eigenvalue weighted by atomic mass is 10.2. The Morgan fingerprint density at radius 2 is 1.86 bits per heavy atom. The summed E-state index contributed by atoms with van der Waals surface area (Å²) in [5.74, 6) is 0.754. The Balaban J connectivity index is 1.94. The molecule has 0 aliphatic carbocycles. The Morgan fingerprint density at radius 3 is 2.62 bits per heavy atom. The number of hydrogen-bond acceptors (Lipinski definition) is 3. The summed E-state index contributed by atoms with van der Waals surface area (Å²) in [7, 11) is 0. The minimum atomic E-state index is 0.397. The average Bonchev–Trinajstić information content (AvgIpc) is 2.50. The van der Waals surface area contributed by atoms with Crippen molar-refractivity contribution in [1.82, 2.24) is 0 Å². The van der Waals surface area contributed by atoms with Crippen molar-refractivity contribution in [3.05, 3.63) is 69.7 Å². The molecule has 0 unspecified atom stereocenters. The van der Waals surface area contributed by atoms with Gasteiger partial charge in [-0.2, -0.15) is 5.10 Å². The van der Waals surface area contributed by atoms with Crippen LogP contribution in [0.5, 0.6) is 0 Å². The van der Waals surface area contributed by atoms with Gasteiger partial charge in [0.15, 0.2) is 5.17 Å². The van der Waals surface area contributed by atoms with E-state index in [2.05, 4.69) is 10.2 Å². The summed E-state index contributed by atoms with van der Waals surface area (Å²) in [6.07, 6.45) is 1.53. The van der Waals surface area contributed by atoms with Crippen LogP contribution in [0.15, 0.2) is 58.7 Å². The maximum Gasteiger partial charge on any atom is 0.180 e. The van der Waals surface area contributed by atoms with E-state index in [0.717, 1.165) is 5.75 Å². The van der Waals surface area contributed by atoms with Gasteiger partial charge in [-0.3, -0.25) is 0 Å². The van der Waals surface area contributed by atoms with E-state index in [-0.39, 0.29) is 0 Å². The summed E-state index contributed by atoms with van der Waals surface area (Å²) >= 11 is 13.4. The van der Waals surface area contributed by atoms with Crippen LogP contribution in [0.25, 0.3) is 0 Å². The van der Waals surface area contributed by atoms with Gasteiger partial charge in [0.25, 0.3) is 0 Å². The highest BCUT2D eigenvalue weighted by Gasteiger charge is 2.01. The van der Waals surface area contributed by atoms with E-state index in [1.807, 2.05) is 30.3 Å². The molecule has 0 saturated heterocycles. The largest absolute Gasteiger partial charge is 0.377 e. The van der Waals surface area contributed by atoms with E-state index in [9.17, 15) is 0 Å². The molecule has 0 heterocycles. The molecular formula is C15H13Cl2N3S. The minimum Gasteiger partial charge on any atom is -0.377 e. The van der Waals surface area contributed by atoms with E-state index >= 15 is 0 Å². The van der Waals surface area contributed by atoms with Crippen molar-refractivity contribution < 1.29 is 0 Å². The van der Waals surface area contributed by atoms with Crippen LogP contribution in [0.2, 0.25) is 10.0 Å². The van der Waals surface area contributed by atoms with Gasteiger partial charge in [-0.15, -0.1) is 5.10 Å². The van der Waals surface area contributed by atoms with Crippen LogP contribution >= 0.6 is 35.0 Å². The van der Waals surface area contributed by atoms with E-state index < -0.39 is 0 Å². The molecule has 21 heavy (non-hydrogen) atoms. The molecule has 0 radical (unpaired) electrons. The number of nitrogens with two attached hydrogens (primary N) is 1. The number of nitrogens with zero attached hydrogens (tertiary/aromatic N) is 2. The molecule has 3 nitrogen and oxygen atoms in total. The normalized spacial score (nSPS) is 12.0. The SMILES string of the molecule is NC(=NN=Cc1cccc(Cl)c1Cl)SCc1ccccc1. The van der Waals surface area contributed by atoms with Crippen LogP contribution in [0.4, 0.5) is 0 Å². The second-order valence-electron chi connectivity index (χ2n) is 4.10. The molecule has 2 aromatic carbocycles. The van der Waals surface area contributed by atoms with E-state index in [4.69, 9.17) is 28.9 Å². The first-order valence-corrected chi connectivity index (χ1v) is 7.88. The molecule has 0 spiro atoms. The molecule has 108 valence electrons. The van der Waals surface area contributed by atoms with Crippen LogP contribution in [0.3, 0.4) is 0 Å². The molecule has 0 amide bonds. The van der Waals surface area contributed by atoms with Crippen molar-refractivity contribution in [3.63, 3.8) is 0 Å². The summed E-state index contributed by atoms with van der Waals surface area (Å²) in [4.78, 5) is 0. The fraction of sp³-hybridized carbons (Fsp3) is 0.0667. The Bertz CT molecular complexity index is 657. The molecule has 6 heteroatoms. The molecular weight excluding hydrogens is 325 g/mol. The minimum absolute atomic E-state index is 0.397. The third-order valence-corrected chi connectivity index (χ3v) is 4.25. The first-order chi connectivity index (χ1) is 10.2. The predicted octanol–water partition coefficient (Wildman–Crippen LogP) is 4.58. The molecule has 2 aromatic rings. The number of benzene rings is 2. The number of rotatable bonds is 4. The van der Waals surface area contributed by atoms with Gasteiger partial charge >= 0.3 is 0 Å². The van der Waals surface area contributed by atoms with E-state index in [1.54, 1.807) is 18.2 Å². The zero-order valence-corrected chi connectivity index (χ0v) is 13.4. The molecule has 0 aliphatic heterocycles. The molecule has 0 atom stereocenters. The number of halogens is 2. The van der Waals surface area contributed by atoms with Crippen LogP contribution in [-0.2, 0) is 5.75 Å². The lowest BCUT2D eigenvalue weighted by molar-refractivity contribution is 1.25. The quantitative estimate of drug-likeness (QED) is 0.504. The van der Waals surface area contributed by atoms with Gasteiger partial charge < -0.3 is 5.73 Å². The smallest absolute Gasteiger partial charge is 0.180 e. The van der Waals surface area contributed by atoms with Gasteiger partial charge in [-0.25, -0.2) is 0 Å². The van der Waals surface area contributed by atoms with Gasteiger partial charge in [0, 0.05) is 11.3 Å². The lowest BCUT2D eigenvalue weighted by Crippen LogP contribution is -2.06. The first kappa shape index (κ1) is 15.9. The number of thioether (sulfide) groups is 1. The zero-order valence-electron chi connectivity index (χ0n) is 11.0. The van der Waals surface area contributed by atoms with Crippen LogP contribution in [0, 0.1) is 0 Å². The third kappa shape index (κ3) is 5.08. The van der Waals surface area contributed by atoms with Crippen LogP contribution < -0.4 is 5.73 Å². The van der Waals surface area contributed by atoms with Crippen molar-refractivity contribution in [3.8, 4) is 0 Å². The molecule has 2 rings (SSSR count). The Morgan fingerprint density at radius 1 is 1.10 bits per heavy atom. The molecule has 0 aliphatic rings. The summed E-state index contributed by atoms with van der Waals surface area (Å²) in [5, 5.41) is 9.19. The highest BCUT2D eigenvalue weighted by molar-refractivity contribution is 8.13. The second-order valence-corrected chi connectivity index (χ2v) is 5.88. The van der Waals surface area contributed by atoms with Gasteiger partial charge in [0.2, 0.25) is 0 Å². The molecule has 2 N–H and O–H groups in total. The predicted molar refractivity (Wildman–Crippen MR) is 93.4 cm³/mol. The van der Waals surface area contributed by atoms with Crippen molar-refractivity contribution in [2.45, 2.75) is 5.75 Å². The van der Waals surface area contributed by atoms with Gasteiger partial charge in [0.05, 0.1) is 16.3 Å². The Hall–Kier alpha value is -1.49.